The van der Waals surface area contributed by atoms with Crippen LogP contribution in [-0.4, -0.2) is 35.7 Å². The van der Waals surface area contributed by atoms with Gasteiger partial charge in [0.05, 0.1) is 5.56 Å². The lowest BCUT2D eigenvalue weighted by Gasteiger charge is -2.29. The Labute approximate surface area is 114 Å². The van der Waals surface area contributed by atoms with E-state index in [1.165, 1.54) is 0 Å². The summed E-state index contributed by atoms with van der Waals surface area (Å²) < 4.78 is 5.57. The zero-order valence-electron chi connectivity index (χ0n) is 11.5. The van der Waals surface area contributed by atoms with Gasteiger partial charge < -0.3 is 14.5 Å². The second-order valence-electron chi connectivity index (χ2n) is 4.65. The van der Waals surface area contributed by atoms with Crippen molar-refractivity contribution in [3.05, 3.63) is 48.3 Å². The van der Waals surface area contributed by atoms with Crippen LogP contribution in [-0.2, 0) is 4.74 Å². The number of nitrogens with zero attached hydrogens (tertiary/aromatic N) is 2. The van der Waals surface area contributed by atoms with Gasteiger partial charge in [-0.3, -0.25) is 0 Å². The van der Waals surface area contributed by atoms with Crippen LogP contribution in [0.5, 0.6) is 0 Å². The Morgan fingerprint density at radius 1 is 1.26 bits per heavy atom. The summed E-state index contributed by atoms with van der Waals surface area (Å²) >= 11 is 0. The molecule has 0 N–H and O–H groups in total. The van der Waals surface area contributed by atoms with E-state index in [4.69, 9.17) is 4.74 Å². The molecule has 0 saturated carbocycles. The van der Waals surface area contributed by atoms with Crippen LogP contribution in [0.1, 0.15) is 30.1 Å². The lowest BCUT2D eigenvalue weighted by Crippen LogP contribution is -2.40. The molecule has 19 heavy (non-hydrogen) atoms. The molecule has 0 aliphatic carbocycles. The number of hydrogen-bond donors (Lipinski definition) is 0. The first-order valence-corrected chi connectivity index (χ1v) is 6.64. The van der Waals surface area contributed by atoms with Gasteiger partial charge in [-0.1, -0.05) is 31.5 Å². The number of esters is 1. The van der Waals surface area contributed by atoms with Crippen molar-refractivity contribution in [2.75, 3.05) is 13.6 Å². The predicted octanol–water partition coefficient (Wildman–Crippen LogP) is 2.65. The molecule has 102 valence electrons. The Kier molecular flexibility index (Phi) is 4.44. The molecule has 0 saturated heterocycles. The van der Waals surface area contributed by atoms with E-state index in [0.717, 1.165) is 19.4 Å². The minimum absolute atomic E-state index is 0.289. The number of rotatable bonds is 5. The van der Waals surface area contributed by atoms with Crippen LogP contribution < -0.4 is 0 Å². The van der Waals surface area contributed by atoms with Gasteiger partial charge >= 0.3 is 5.97 Å². The monoisotopic (exact) mass is 260 g/mol. The zero-order chi connectivity index (χ0) is 13.7. The van der Waals surface area contributed by atoms with E-state index in [-0.39, 0.29) is 12.3 Å². The summed E-state index contributed by atoms with van der Waals surface area (Å²) in [6.45, 7) is 3.04. The highest BCUT2D eigenvalue weighted by molar-refractivity contribution is 5.89. The van der Waals surface area contributed by atoms with Crippen molar-refractivity contribution in [3.63, 3.8) is 0 Å². The topological polar surface area (TPSA) is 32.8 Å². The molecule has 1 aliphatic heterocycles. The van der Waals surface area contributed by atoms with Gasteiger partial charge in [0, 0.05) is 26.0 Å². The van der Waals surface area contributed by atoms with E-state index < -0.39 is 0 Å². The van der Waals surface area contributed by atoms with Crippen molar-refractivity contribution in [1.82, 2.24) is 9.80 Å². The molecule has 0 aromatic heterocycles. The first kappa shape index (κ1) is 13.5. The highest BCUT2D eigenvalue weighted by Crippen LogP contribution is 2.17. The Bertz CT molecular complexity index is 445. The number of unbranched alkanes of at least 4 members (excludes halogenated alkanes) is 1. The molecule has 0 fully saturated rings. The highest BCUT2D eigenvalue weighted by Gasteiger charge is 2.27. The van der Waals surface area contributed by atoms with Crippen molar-refractivity contribution in [3.8, 4) is 0 Å². The molecule has 1 atom stereocenters. The molecule has 0 spiro atoms. The average Bonchev–Trinajstić information content (AvgIpc) is 2.78. The van der Waals surface area contributed by atoms with Gasteiger partial charge in [-0.05, 0) is 18.6 Å². The minimum Gasteiger partial charge on any atom is -0.419 e. The van der Waals surface area contributed by atoms with E-state index in [0.29, 0.717) is 5.56 Å². The number of benzene rings is 1. The van der Waals surface area contributed by atoms with Crippen molar-refractivity contribution in [2.45, 2.75) is 26.1 Å². The van der Waals surface area contributed by atoms with Crippen molar-refractivity contribution in [1.29, 1.82) is 0 Å². The van der Waals surface area contributed by atoms with Gasteiger partial charge in [-0.25, -0.2) is 4.79 Å². The Balaban J connectivity index is 1.98. The van der Waals surface area contributed by atoms with Crippen molar-refractivity contribution >= 4 is 5.97 Å². The summed E-state index contributed by atoms with van der Waals surface area (Å²) in [5.74, 6) is -0.289. The summed E-state index contributed by atoms with van der Waals surface area (Å²) in [4.78, 5) is 16.0. The number of carbonyl (C=O) groups is 1. The summed E-state index contributed by atoms with van der Waals surface area (Å²) in [7, 11) is 1.91. The third-order valence-corrected chi connectivity index (χ3v) is 3.12. The normalized spacial score (nSPS) is 17.9. The highest BCUT2D eigenvalue weighted by atomic mass is 16.6. The number of hydrogen-bond acceptors (Lipinski definition) is 4. The first-order valence-electron chi connectivity index (χ1n) is 6.64. The minimum atomic E-state index is -0.334. The van der Waals surface area contributed by atoms with Crippen LogP contribution in [0.4, 0.5) is 0 Å². The van der Waals surface area contributed by atoms with E-state index in [1.807, 2.05) is 47.4 Å². The Morgan fingerprint density at radius 3 is 2.68 bits per heavy atom. The van der Waals surface area contributed by atoms with Gasteiger partial charge in [0.15, 0.2) is 0 Å². The van der Waals surface area contributed by atoms with E-state index in [1.54, 1.807) is 12.1 Å². The third kappa shape index (κ3) is 3.28. The smallest absolute Gasteiger partial charge is 0.341 e. The molecule has 0 radical (unpaired) electrons. The fourth-order valence-corrected chi connectivity index (χ4v) is 1.99. The summed E-state index contributed by atoms with van der Waals surface area (Å²) in [5.41, 5.74) is 0.582. The molecule has 1 unspecified atom stereocenters. The quantitative estimate of drug-likeness (QED) is 0.762. The molecular weight excluding hydrogens is 240 g/mol. The molecular formula is C15H20N2O2. The fourth-order valence-electron chi connectivity index (χ4n) is 1.99. The summed E-state index contributed by atoms with van der Waals surface area (Å²) in [6, 6.07) is 9.08. The fraction of sp³-hybridized carbons (Fsp3) is 0.400. The van der Waals surface area contributed by atoms with E-state index in [2.05, 4.69) is 6.92 Å². The molecule has 4 nitrogen and oxygen atoms in total. The Hall–Kier alpha value is -1.97. The summed E-state index contributed by atoms with van der Waals surface area (Å²) in [6.07, 6.45) is 5.77. The van der Waals surface area contributed by atoms with Crippen molar-refractivity contribution in [2.24, 2.45) is 0 Å². The van der Waals surface area contributed by atoms with Crippen LogP contribution in [0.2, 0.25) is 0 Å². The standard InChI is InChI=1S/C15H20N2O2/c1-3-4-10-17-12-11-16(2)15(17)19-14(18)13-8-6-5-7-9-13/h5-9,11-12,15H,3-4,10H2,1-2H3. The predicted molar refractivity (Wildman–Crippen MR) is 74.2 cm³/mol. The maximum absolute atomic E-state index is 12.1. The summed E-state index contributed by atoms with van der Waals surface area (Å²) in [5, 5.41) is 0. The largest absolute Gasteiger partial charge is 0.419 e. The van der Waals surface area contributed by atoms with Crippen LogP contribution in [0.3, 0.4) is 0 Å². The maximum atomic E-state index is 12.1. The van der Waals surface area contributed by atoms with Gasteiger partial charge in [-0.2, -0.15) is 0 Å². The van der Waals surface area contributed by atoms with Crippen LogP contribution in [0.25, 0.3) is 0 Å². The first-order chi connectivity index (χ1) is 9.22. The van der Waals surface area contributed by atoms with E-state index >= 15 is 0 Å². The Morgan fingerprint density at radius 2 is 2.00 bits per heavy atom. The molecule has 4 heteroatoms. The lowest BCUT2D eigenvalue weighted by molar-refractivity contribution is -0.0620. The van der Waals surface area contributed by atoms with Gasteiger partial charge in [0.25, 0.3) is 6.35 Å². The SMILES string of the molecule is CCCCN1C=CN(C)C1OC(=O)c1ccccc1. The average molecular weight is 260 g/mol. The number of carbonyl (C=O) groups excluding carboxylic acids is 1. The second kappa shape index (κ2) is 6.27. The number of ether oxygens (including phenoxy) is 1. The molecule has 2 rings (SSSR count). The van der Waals surface area contributed by atoms with Crippen LogP contribution >= 0.6 is 0 Å². The molecule has 0 amide bonds. The maximum Gasteiger partial charge on any atom is 0.341 e. The van der Waals surface area contributed by atoms with E-state index in [9.17, 15) is 4.79 Å². The molecule has 0 bridgehead atoms. The van der Waals surface area contributed by atoms with Gasteiger partial charge in [0.2, 0.25) is 0 Å². The van der Waals surface area contributed by atoms with Crippen LogP contribution in [0.15, 0.2) is 42.7 Å². The van der Waals surface area contributed by atoms with Crippen molar-refractivity contribution < 1.29 is 9.53 Å². The van der Waals surface area contributed by atoms with Gasteiger partial charge in [-0.15, -0.1) is 0 Å². The molecule has 1 aromatic rings. The molecule has 1 aliphatic rings. The third-order valence-electron chi connectivity index (χ3n) is 3.12. The zero-order valence-corrected chi connectivity index (χ0v) is 11.5. The second-order valence-corrected chi connectivity index (χ2v) is 4.65. The molecule has 1 aromatic carbocycles. The lowest BCUT2D eigenvalue weighted by atomic mass is 10.2. The molecule has 1 heterocycles. The van der Waals surface area contributed by atoms with Crippen LogP contribution in [0, 0.1) is 0 Å². The van der Waals surface area contributed by atoms with Gasteiger partial charge in [0.1, 0.15) is 0 Å².